The van der Waals surface area contributed by atoms with Gasteiger partial charge in [-0.3, -0.25) is 4.79 Å². The average molecular weight is 284 g/mol. The molecule has 0 bridgehead atoms. The molecule has 0 saturated carbocycles. The number of unbranched alkanes of at least 4 members (excludes halogenated alkanes) is 1. The minimum atomic E-state index is -1.17. The Balaban J connectivity index is 2.58. The van der Waals surface area contributed by atoms with Crippen LogP contribution in [-0.4, -0.2) is 34.6 Å². The van der Waals surface area contributed by atoms with Crippen molar-refractivity contribution in [3.8, 4) is 0 Å². The summed E-state index contributed by atoms with van der Waals surface area (Å²) in [7, 11) is 1.64. The van der Waals surface area contributed by atoms with Crippen LogP contribution in [0.1, 0.15) is 31.7 Å². The summed E-state index contributed by atoms with van der Waals surface area (Å²) in [5, 5.41) is 10.4. The molecule has 0 aliphatic carbocycles. The highest BCUT2D eigenvalue weighted by Crippen LogP contribution is 2.18. The van der Waals surface area contributed by atoms with Gasteiger partial charge in [0.05, 0.1) is 0 Å². The molecule has 1 rings (SSSR count). The normalized spacial score (nSPS) is 13.9. The zero-order valence-corrected chi connectivity index (χ0v) is 12.4. The standard InChI is InChI=1S/C15H22ClNO2/c1-15(19,12-13-8-4-3-5-9-13)17(2)14(18)10-6-7-11-16/h3-5,8-9,19H,6-7,10-12H2,1-2H3/t15-/m1/s1. The number of nitrogens with zero attached hydrogens (tertiary/aromatic N) is 1. The van der Waals surface area contributed by atoms with Gasteiger partial charge in [-0.2, -0.15) is 0 Å². The van der Waals surface area contributed by atoms with Crippen LogP contribution in [0.3, 0.4) is 0 Å². The lowest BCUT2D eigenvalue weighted by atomic mass is 10.0. The first-order chi connectivity index (χ1) is 8.97. The zero-order valence-electron chi connectivity index (χ0n) is 11.6. The fraction of sp³-hybridized carbons (Fsp3) is 0.533. The number of benzene rings is 1. The summed E-state index contributed by atoms with van der Waals surface area (Å²) >= 11 is 5.59. The van der Waals surface area contributed by atoms with Crippen molar-refractivity contribution in [2.24, 2.45) is 0 Å². The highest BCUT2D eigenvalue weighted by Gasteiger charge is 2.29. The van der Waals surface area contributed by atoms with Crippen molar-refractivity contribution in [2.45, 2.75) is 38.3 Å². The third-order valence-electron chi connectivity index (χ3n) is 3.25. The number of carbonyl (C=O) groups excluding carboxylic acids is 1. The SMILES string of the molecule is CN(C(=O)CCCCCl)[C@](C)(O)Cc1ccccc1. The Kier molecular flexibility index (Phi) is 6.32. The molecule has 0 radical (unpaired) electrons. The molecule has 106 valence electrons. The highest BCUT2D eigenvalue weighted by molar-refractivity contribution is 6.17. The molecule has 0 aliphatic rings. The third kappa shape index (κ3) is 5.21. The monoisotopic (exact) mass is 283 g/mol. The number of hydrogen-bond acceptors (Lipinski definition) is 2. The Bertz CT molecular complexity index is 392. The van der Waals surface area contributed by atoms with E-state index in [1.54, 1.807) is 14.0 Å². The van der Waals surface area contributed by atoms with Crippen molar-refractivity contribution in [3.63, 3.8) is 0 Å². The number of aliphatic hydroxyl groups is 1. The fourth-order valence-corrected chi connectivity index (χ4v) is 2.10. The summed E-state index contributed by atoms with van der Waals surface area (Å²) in [6, 6.07) is 9.67. The molecule has 19 heavy (non-hydrogen) atoms. The maximum absolute atomic E-state index is 12.0. The maximum Gasteiger partial charge on any atom is 0.224 e. The van der Waals surface area contributed by atoms with Crippen LogP contribution in [0, 0.1) is 0 Å². The van der Waals surface area contributed by atoms with Crippen LogP contribution in [-0.2, 0) is 11.2 Å². The van der Waals surface area contributed by atoms with Crippen LogP contribution in [0.5, 0.6) is 0 Å². The van der Waals surface area contributed by atoms with Crippen LogP contribution < -0.4 is 0 Å². The summed E-state index contributed by atoms with van der Waals surface area (Å²) in [6.07, 6.45) is 2.43. The van der Waals surface area contributed by atoms with Crippen molar-refractivity contribution in [2.75, 3.05) is 12.9 Å². The van der Waals surface area contributed by atoms with E-state index in [4.69, 9.17) is 11.6 Å². The highest BCUT2D eigenvalue weighted by atomic mass is 35.5. The van der Waals surface area contributed by atoms with Gasteiger partial charge in [0.2, 0.25) is 5.91 Å². The molecule has 4 heteroatoms. The molecule has 0 saturated heterocycles. The third-order valence-corrected chi connectivity index (χ3v) is 3.52. The smallest absolute Gasteiger partial charge is 0.224 e. The van der Waals surface area contributed by atoms with Gasteiger partial charge in [0.25, 0.3) is 0 Å². The van der Waals surface area contributed by atoms with Gasteiger partial charge in [-0.1, -0.05) is 30.3 Å². The van der Waals surface area contributed by atoms with Crippen molar-refractivity contribution >= 4 is 17.5 Å². The van der Waals surface area contributed by atoms with Crippen LogP contribution in [0.25, 0.3) is 0 Å². The minimum Gasteiger partial charge on any atom is -0.371 e. The van der Waals surface area contributed by atoms with Gasteiger partial charge >= 0.3 is 0 Å². The quantitative estimate of drug-likeness (QED) is 0.475. The van der Waals surface area contributed by atoms with E-state index in [-0.39, 0.29) is 5.91 Å². The van der Waals surface area contributed by atoms with E-state index in [9.17, 15) is 9.90 Å². The van der Waals surface area contributed by atoms with Gasteiger partial charge in [0.1, 0.15) is 5.72 Å². The van der Waals surface area contributed by atoms with E-state index in [1.165, 1.54) is 4.90 Å². The number of likely N-dealkylation sites (N-methyl/N-ethyl adjacent to an activating group) is 1. The largest absolute Gasteiger partial charge is 0.371 e. The van der Waals surface area contributed by atoms with Crippen LogP contribution in [0.4, 0.5) is 0 Å². The summed E-state index contributed by atoms with van der Waals surface area (Å²) in [5.74, 6) is 0.517. The van der Waals surface area contributed by atoms with Crippen molar-refractivity contribution in [1.82, 2.24) is 4.90 Å². The van der Waals surface area contributed by atoms with Crippen LogP contribution in [0.2, 0.25) is 0 Å². The van der Waals surface area contributed by atoms with Crippen LogP contribution in [0.15, 0.2) is 30.3 Å². The number of hydrogen-bond donors (Lipinski definition) is 1. The molecule has 0 spiro atoms. The Morgan fingerprint density at radius 2 is 1.95 bits per heavy atom. The molecule has 0 aromatic heterocycles. The molecule has 0 unspecified atom stereocenters. The topological polar surface area (TPSA) is 40.5 Å². The second-order valence-electron chi connectivity index (χ2n) is 4.98. The predicted molar refractivity (Wildman–Crippen MR) is 78.1 cm³/mol. The second kappa shape index (κ2) is 7.51. The fourth-order valence-electron chi connectivity index (χ4n) is 1.91. The van der Waals surface area contributed by atoms with Crippen molar-refractivity contribution in [3.05, 3.63) is 35.9 Å². The molecular weight excluding hydrogens is 262 g/mol. The van der Waals surface area contributed by atoms with E-state index in [0.717, 1.165) is 18.4 Å². The van der Waals surface area contributed by atoms with Crippen LogP contribution >= 0.6 is 11.6 Å². The molecule has 1 aromatic rings. The molecule has 0 heterocycles. The number of alkyl halides is 1. The van der Waals surface area contributed by atoms with Gasteiger partial charge < -0.3 is 10.0 Å². The van der Waals surface area contributed by atoms with E-state index >= 15 is 0 Å². The predicted octanol–water partition coefficient (Wildman–Crippen LogP) is 2.81. The van der Waals surface area contributed by atoms with Gasteiger partial charge in [0.15, 0.2) is 0 Å². The van der Waals surface area contributed by atoms with E-state index in [1.807, 2.05) is 30.3 Å². The Morgan fingerprint density at radius 1 is 1.32 bits per heavy atom. The number of amides is 1. The Morgan fingerprint density at radius 3 is 2.53 bits per heavy atom. The average Bonchev–Trinajstić information content (AvgIpc) is 2.38. The second-order valence-corrected chi connectivity index (χ2v) is 5.36. The first kappa shape index (κ1) is 16.0. The number of rotatable bonds is 7. The summed E-state index contributed by atoms with van der Waals surface area (Å²) in [4.78, 5) is 13.4. The zero-order chi connectivity index (χ0) is 14.3. The molecule has 0 fully saturated rings. The lowest BCUT2D eigenvalue weighted by molar-refractivity contribution is -0.152. The van der Waals surface area contributed by atoms with Gasteiger partial charge in [-0.15, -0.1) is 11.6 Å². The molecule has 1 aromatic carbocycles. The van der Waals surface area contributed by atoms with E-state index in [0.29, 0.717) is 18.7 Å². The summed E-state index contributed by atoms with van der Waals surface area (Å²) in [6.45, 7) is 1.67. The van der Waals surface area contributed by atoms with Crippen molar-refractivity contribution < 1.29 is 9.90 Å². The molecule has 1 amide bonds. The van der Waals surface area contributed by atoms with Gasteiger partial charge in [-0.25, -0.2) is 0 Å². The maximum atomic E-state index is 12.0. The van der Waals surface area contributed by atoms with Gasteiger partial charge in [-0.05, 0) is 25.3 Å². The molecular formula is C15H22ClNO2. The van der Waals surface area contributed by atoms with Crippen molar-refractivity contribution in [1.29, 1.82) is 0 Å². The Labute approximate surface area is 120 Å². The lowest BCUT2D eigenvalue weighted by Gasteiger charge is -2.34. The number of halogens is 1. The molecule has 0 aliphatic heterocycles. The lowest BCUT2D eigenvalue weighted by Crippen LogP contribution is -2.48. The summed E-state index contributed by atoms with van der Waals surface area (Å²) < 4.78 is 0. The molecule has 3 nitrogen and oxygen atoms in total. The number of carbonyl (C=O) groups is 1. The van der Waals surface area contributed by atoms with E-state index < -0.39 is 5.72 Å². The van der Waals surface area contributed by atoms with Gasteiger partial charge in [0, 0.05) is 25.8 Å². The first-order valence-electron chi connectivity index (χ1n) is 6.56. The minimum absolute atomic E-state index is 0.0500. The Hall–Kier alpha value is -1.06. The first-order valence-corrected chi connectivity index (χ1v) is 7.10. The molecule has 1 N–H and O–H groups in total. The molecule has 1 atom stereocenters. The summed E-state index contributed by atoms with van der Waals surface area (Å²) in [5.41, 5.74) is -0.160. The van der Waals surface area contributed by atoms with E-state index in [2.05, 4.69) is 0 Å².